The molecule has 1 atom stereocenters. The van der Waals surface area contributed by atoms with Crippen molar-refractivity contribution in [3.63, 3.8) is 0 Å². The highest BCUT2D eigenvalue weighted by Gasteiger charge is 2.31. The van der Waals surface area contributed by atoms with Gasteiger partial charge in [-0.3, -0.25) is 9.59 Å². The van der Waals surface area contributed by atoms with Gasteiger partial charge in [0.2, 0.25) is 21.8 Å². The van der Waals surface area contributed by atoms with Crippen LogP contribution in [-0.4, -0.2) is 49.1 Å². The Morgan fingerprint density at radius 3 is 2.14 bits per heavy atom. The highest BCUT2D eigenvalue weighted by Crippen LogP contribution is 2.26. The third-order valence-electron chi connectivity index (χ3n) is 8.58. The third-order valence-corrected chi connectivity index (χ3v) is 10.5. The van der Waals surface area contributed by atoms with Crippen molar-refractivity contribution in [1.29, 1.82) is 0 Å². The minimum Gasteiger partial charge on any atom is -0.354 e. The van der Waals surface area contributed by atoms with E-state index in [9.17, 15) is 18.0 Å². The second kappa shape index (κ2) is 15.3. The van der Waals surface area contributed by atoms with Gasteiger partial charge in [0.05, 0.1) is 4.90 Å². The van der Waals surface area contributed by atoms with E-state index in [-0.39, 0.29) is 23.1 Å². The van der Waals surface area contributed by atoms with Crippen molar-refractivity contribution < 1.29 is 18.0 Å². The number of hydrogen-bond donors (Lipinski definition) is 1. The summed E-state index contributed by atoms with van der Waals surface area (Å²) in [4.78, 5) is 29.8. The van der Waals surface area contributed by atoms with Gasteiger partial charge < -0.3 is 10.2 Å². The highest BCUT2D eigenvalue weighted by atomic mass is 32.2. The Hall–Kier alpha value is -3.75. The van der Waals surface area contributed by atoms with E-state index in [0.717, 1.165) is 48.8 Å². The van der Waals surface area contributed by atoms with Crippen LogP contribution in [0.4, 0.5) is 0 Å². The Morgan fingerprint density at radius 1 is 0.795 bits per heavy atom. The molecule has 7 nitrogen and oxygen atoms in total. The van der Waals surface area contributed by atoms with Gasteiger partial charge in [-0.2, -0.15) is 4.31 Å². The van der Waals surface area contributed by atoms with E-state index in [1.807, 2.05) is 60.7 Å². The van der Waals surface area contributed by atoms with Crippen molar-refractivity contribution in [2.24, 2.45) is 0 Å². The molecule has 44 heavy (non-hydrogen) atoms. The largest absolute Gasteiger partial charge is 0.354 e. The molecule has 1 heterocycles. The molecule has 232 valence electrons. The Labute approximate surface area is 262 Å². The Kier molecular flexibility index (Phi) is 11.0. The maximum Gasteiger partial charge on any atom is 0.247 e. The molecule has 2 aliphatic rings. The van der Waals surface area contributed by atoms with E-state index >= 15 is 0 Å². The van der Waals surface area contributed by atoms with E-state index < -0.39 is 16.1 Å². The molecule has 0 unspecified atom stereocenters. The molecular formula is C36H43N3O4S. The first-order valence-electron chi connectivity index (χ1n) is 15.8. The minimum atomic E-state index is -3.49. The van der Waals surface area contributed by atoms with Crippen LogP contribution in [0.2, 0.25) is 0 Å². The van der Waals surface area contributed by atoms with Crippen molar-refractivity contribution in [2.75, 3.05) is 19.6 Å². The van der Waals surface area contributed by atoms with Crippen molar-refractivity contribution in [1.82, 2.24) is 14.5 Å². The average molecular weight is 614 g/mol. The molecule has 1 N–H and O–H groups in total. The molecule has 0 aromatic heterocycles. The summed E-state index contributed by atoms with van der Waals surface area (Å²) in [6.45, 7) is 1.95. The number of sulfonamides is 1. The molecule has 8 heteroatoms. The summed E-state index contributed by atoms with van der Waals surface area (Å²) in [6, 6.07) is 25.3. The van der Waals surface area contributed by atoms with Gasteiger partial charge in [-0.15, -0.1) is 0 Å². The van der Waals surface area contributed by atoms with Crippen LogP contribution in [0.25, 0.3) is 0 Å². The van der Waals surface area contributed by atoms with Crippen molar-refractivity contribution in [3.05, 3.63) is 113 Å². The van der Waals surface area contributed by atoms with Crippen LogP contribution in [0.15, 0.2) is 101 Å². The second-order valence-electron chi connectivity index (χ2n) is 11.7. The maximum atomic E-state index is 14.0. The lowest BCUT2D eigenvalue weighted by molar-refractivity contribution is -0.141. The van der Waals surface area contributed by atoms with E-state index in [2.05, 4.69) is 11.4 Å². The van der Waals surface area contributed by atoms with Gasteiger partial charge in [-0.05, 0) is 80.2 Å². The minimum absolute atomic E-state index is 0.137. The predicted octanol–water partition coefficient (Wildman–Crippen LogP) is 6.18. The molecule has 0 radical (unpaired) electrons. The van der Waals surface area contributed by atoms with E-state index in [1.54, 1.807) is 29.2 Å². The van der Waals surface area contributed by atoms with Gasteiger partial charge in [0.15, 0.2) is 0 Å². The first-order valence-corrected chi connectivity index (χ1v) is 17.3. The molecule has 1 saturated heterocycles. The number of allylic oxidation sites excluding steroid dienone is 1. The lowest BCUT2D eigenvalue weighted by Gasteiger charge is -2.32. The van der Waals surface area contributed by atoms with Crippen LogP contribution in [-0.2, 0) is 32.6 Å². The molecule has 1 fully saturated rings. The van der Waals surface area contributed by atoms with Crippen LogP contribution in [0.3, 0.4) is 0 Å². The molecule has 1 aliphatic heterocycles. The smallest absolute Gasteiger partial charge is 0.247 e. The average Bonchev–Trinajstić information content (AvgIpc) is 3.62. The molecule has 0 bridgehead atoms. The monoisotopic (exact) mass is 613 g/mol. The highest BCUT2D eigenvalue weighted by molar-refractivity contribution is 7.89. The first kappa shape index (κ1) is 31.7. The van der Waals surface area contributed by atoms with Crippen molar-refractivity contribution in [2.45, 2.75) is 75.3 Å². The van der Waals surface area contributed by atoms with Crippen LogP contribution >= 0.6 is 0 Å². The number of amides is 2. The van der Waals surface area contributed by atoms with Gasteiger partial charge >= 0.3 is 0 Å². The number of nitrogens with one attached hydrogen (secondary N) is 1. The summed E-state index contributed by atoms with van der Waals surface area (Å²) in [5.74, 6) is -0.324. The lowest BCUT2D eigenvalue weighted by Crippen LogP contribution is -2.43. The topological polar surface area (TPSA) is 86.8 Å². The fourth-order valence-electron chi connectivity index (χ4n) is 6.09. The number of nitrogens with zero attached hydrogens (tertiary/aromatic N) is 2. The van der Waals surface area contributed by atoms with Crippen LogP contribution < -0.4 is 5.32 Å². The molecule has 2 amide bonds. The molecule has 0 spiro atoms. The van der Waals surface area contributed by atoms with Crippen LogP contribution in [0.5, 0.6) is 0 Å². The molecular weight excluding hydrogens is 570 g/mol. The molecule has 3 aromatic rings. The summed E-state index contributed by atoms with van der Waals surface area (Å²) in [6.07, 6.45) is 10.1. The first-order chi connectivity index (χ1) is 21.4. The molecule has 1 aliphatic carbocycles. The maximum absolute atomic E-state index is 14.0. The molecule has 0 saturated carbocycles. The zero-order valence-electron chi connectivity index (χ0n) is 25.4. The predicted molar refractivity (Wildman–Crippen MR) is 173 cm³/mol. The van der Waals surface area contributed by atoms with Crippen molar-refractivity contribution >= 4 is 21.8 Å². The fraction of sp³-hybridized carbons (Fsp3) is 0.389. The number of hydrogen-bond acceptors (Lipinski definition) is 4. The van der Waals surface area contributed by atoms with Gasteiger partial charge in [0, 0.05) is 32.6 Å². The zero-order chi connectivity index (χ0) is 30.8. The normalized spacial score (nSPS) is 16.2. The number of rotatable bonds is 13. The van der Waals surface area contributed by atoms with Gasteiger partial charge in [-0.1, -0.05) is 84.4 Å². The third kappa shape index (κ3) is 8.24. The van der Waals surface area contributed by atoms with E-state index in [4.69, 9.17) is 0 Å². The number of benzene rings is 3. The number of aryl methyl sites for hydroxylation is 1. The standard InChI is InChI=1S/C36H43N3O4S/c40-34(23-20-30-18-21-33(22-19-30)44(42,43)38-26-10-11-27-38)39(28-31-14-6-2-7-15-31)35(32-16-8-3-9-17-32)36(41)37-25-24-29-12-4-1-5-13-29/h2-3,6-9,12,14-19,21-22,35H,1,4-5,10-11,13,20,23-28H2,(H,37,41)/t35-/m0/s1. The van der Waals surface area contributed by atoms with Gasteiger partial charge in [0.1, 0.15) is 6.04 Å². The SMILES string of the molecule is O=C(NCCC1=CCCCC1)[C@H](c1ccccc1)N(Cc1ccccc1)C(=O)CCc1ccc(S(=O)(=O)N2CCCC2)cc1. The summed E-state index contributed by atoms with van der Waals surface area (Å²) in [5, 5.41) is 3.13. The Balaban J connectivity index is 1.32. The molecule has 3 aromatic carbocycles. The lowest BCUT2D eigenvalue weighted by atomic mass is 9.97. The second-order valence-corrected chi connectivity index (χ2v) is 13.7. The Morgan fingerprint density at radius 2 is 1.48 bits per heavy atom. The fourth-order valence-corrected chi connectivity index (χ4v) is 7.60. The van der Waals surface area contributed by atoms with E-state index in [1.165, 1.54) is 22.7 Å². The van der Waals surface area contributed by atoms with E-state index in [0.29, 0.717) is 32.6 Å². The number of carbonyl (C=O) groups is 2. The molecule has 5 rings (SSSR count). The van der Waals surface area contributed by atoms with Crippen LogP contribution in [0.1, 0.15) is 74.1 Å². The summed E-state index contributed by atoms with van der Waals surface area (Å²) < 4.78 is 27.4. The van der Waals surface area contributed by atoms with Crippen molar-refractivity contribution in [3.8, 4) is 0 Å². The van der Waals surface area contributed by atoms with Gasteiger partial charge in [0.25, 0.3) is 0 Å². The van der Waals surface area contributed by atoms with Crippen LogP contribution in [0, 0.1) is 0 Å². The quantitative estimate of drug-likeness (QED) is 0.233. The summed E-state index contributed by atoms with van der Waals surface area (Å²) in [7, 11) is -3.49. The summed E-state index contributed by atoms with van der Waals surface area (Å²) >= 11 is 0. The summed E-state index contributed by atoms with van der Waals surface area (Å²) in [5.41, 5.74) is 3.98. The number of carbonyl (C=O) groups excluding carboxylic acids is 2. The zero-order valence-corrected chi connectivity index (χ0v) is 26.2. The Bertz CT molecular complexity index is 1520. The van der Waals surface area contributed by atoms with Gasteiger partial charge in [-0.25, -0.2) is 8.42 Å².